The molecule has 1 fully saturated rings. The number of hydrogen-bond acceptors (Lipinski definition) is 2. The zero-order valence-corrected chi connectivity index (χ0v) is 7.02. The Morgan fingerprint density at radius 1 is 1.20 bits per heavy atom. The van der Waals surface area contributed by atoms with Crippen molar-refractivity contribution in [1.29, 1.82) is 0 Å². The van der Waals surface area contributed by atoms with Crippen molar-refractivity contribution in [1.82, 2.24) is 0 Å². The Morgan fingerprint density at radius 3 is 2.00 bits per heavy atom. The molecule has 0 atom stereocenters. The van der Waals surface area contributed by atoms with Gasteiger partial charge in [0.2, 0.25) is 0 Å². The second-order valence-electron chi connectivity index (χ2n) is 3.62. The quantitative estimate of drug-likeness (QED) is 0.557. The average molecular weight is 144 g/mol. The molecule has 0 bridgehead atoms. The smallest absolute Gasteiger partial charge is 0.146 e. The van der Waals surface area contributed by atoms with Crippen molar-refractivity contribution in [2.75, 3.05) is 20.0 Å². The van der Waals surface area contributed by atoms with Crippen LogP contribution in [-0.4, -0.2) is 20.0 Å². The molecule has 0 aromatic heterocycles. The summed E-state index contributed by atoms with van der Waals surface area (Å²) < 4.78 is 10.4. The fourth-order valence-electron chi connectivity index (χ4n) is 0.984. The van der Waals surface area contributed by atoms with Crippen molar-refractivity contribution in [3.63, 3.8) is 0 Å². The van der Waals surface area contributed by atoms with E-state index < -0.39 is 0 Å². The van der Waals surface area contributed by atoms with Crippen molar-refractivity contribution in [3.05, 3.63) is 0 Å². The molecule has 1 heterocycles. The van der Waals surface area contributed by atoms with Gasteiger partial charge in [0.05, 0.1) is 13.2 Å². The van der Waals surface area contributed by atoms with E-state index in [1.807, 2.05) is 0 Å². The lowest BCUT2D eigenvalue weighted by atomic mass is 9.80. The maximum atomic E-state index is 5.22. The van der Waals surface area contributed by atoms with Crippen LogP contribution in [0.3, 0.4) is 0 Å². The predicted molar refractivity (Wildman–Crippen MR) is 39.7 cm³/mol. The van der Waals surface area contributed by atoms with Crippen molar-refractivity contribution in [3.8, 4) is 0 Å². The Kier molecular flexibility index (Phi) is 2.32. The van der Waals surface area contributed by atoms with Gasteiger partial charge in [0.25, 0.3) is 0 Å². The van der Waals surface area contributed by atoms with Crippen molar-refractivity contribution in [2.45, 2.75) is 20.8 Å². The summed E-state index contributed by atoms with van der Waals surface area (Å²) in [6, 6.07) is 0. The van der Waals surface area contributed by atoms with E-state index in [-0.39, 0.29) is 5.41 Å². The fraction of sp³-hybridized carbons (Fsp3) is 1.00. The second kappa shape index (κ2) is 2.89. The molecule has 1 aliphatic rings. The molecular weight excluding hydrogens is 128 g/mol. The van der Waals surface area contributed by atoms with E-state index in [4.69, 9.17) is 9.47 Å². The molecule has 1 rings (SSSR count). The molecule has 0 spiro atoms. The first-order chi connectivity index (χ1) is 4.65. The second-order valence-corrected chi connectivity index (χ2v) is 3.62. The largest absolute Gasteiger partial charge is 0.355 e. The monoisotopic (exact) mass is 144 g/mol. The first-order valence-electron chi connectivity index (χ1n) is 3.81. The third kappa shape index (κ3) is 1.50. The van der Waals surface area contributed by atoms with Crippen LogP contribution in [0.1, 0.15) is 20.8 Å². The van der Waals surface area contributed by atoms with Crippen LogP contribution in [0, 0.1) is 11.3 Å². The number of hydrogen-bond donors (Lipinski definition) is 0. The SMILES string of the molecule is CC(C)C1(C)COCOC1. The summed E-state index contributed by atoms with van der Waals surface area (Å²) in [5.74, 6) is 0.632. The lowest BCUT2D eigenvalue weighted by Gasteiger charge is -2.36. The van der Waals surface area contributed by atoms with Crippen LogP contribution >= 0.6 is 0 Å². The highest BCUT2D eigenvalue weighted by Crippen LogP contribution is 2.29. The summed E-state index contributed by atoms with van der Waals surface area (Å²) in [7, 11) is 0. The first kappa shape index (κ1) is 8.02. The summed E-state index contributed by atoms with van der Waals surface area (Å²) in [6.07, 6.45) is 0. The molecule has 2 heteroatoms. The standard InChI is InChI=1S/C8H16O2/c1-7(2)8(3)4-9-6-10-5-8/h7H,4-6H2,1-3H3. The lowest BCUT2D eigenvalue weighted by molar-refractivity contribution is -0.171. The number of ether oxygens (including phenoxy) is 2. The van der Waals surface area contributed by atoms with Crippen LogP contribution < -0.4 is 0 Å². The molecule has 1 saturated heterocycles. The van der Waals surface area contributed by atoms with Gasteiger partial charge in [-0.15, -0.1) is 0 Å². The highest BCUT2D eigenvalue weighted by atomic mass is 16.7. The molecule has 60 valence electrons. The molecule has 2 nitrogen and oxygen atoms in total. The molecule has 10 heavy (non-hydrogen) atoms. The van der Waals surface area contributed by atoms with Crippen LogP contribution in [0.5, 0.6) is 0 Å². The molecule has 0 aliphatic carbocycles. The summed E-state index contributed by atoms with van der Waals surface area (Å²) in [6.45, 7) is 8.77. The molecular formula is C8H16O2. The van der Waals surface area contributed by atoms with E-state index in [1.54, 1.807) is 0 Å². The van der Waals surface area contributed by atoms with Gasteiger partial charge in [-0.25, -0.2) is 0 Å². The minimum Gasteiger partial charge on any atom is -0.355 e. The van der Waals surface area contributed by atoms with Crippen LogP contribution in [0.4, 0.5) is 0 Å². The van der Waals surface area contributed by atoms with Gasteiger partial charge in [0.1, 0.15) is 6.79 Å². The zero-order valence-electron chi connectivity index (χ0n) is 7.02. The van der Waals surface area contributed by atoms with Crippen molar-refractivity contribution >= 4 is 0 Å². The maximum Gasteiger partial charge on any atom is 0.146 e. The predicted octanol–water partition coefficient (Wildman–Crippen LogP) is 1.65. The third-order valence-electron chi connectivity index (χ3n) is 2.42. The summed E-state index contributed by atoms with van der Waals surface area (Å²) in [5.41, 5.74) is 0.234. The average Bonchev–Trinajstić information content (AvgIpc) is 1.89. The van der Waals surface area contributed by atoms with E-state index in [9.17, 15) is 0 Å². The van der Waals surface area contributed by atoms with E-state index in [0.29, 0.717) is 12.7 Å². The van der Waals surface area contributed by atoms with E-state index >= 15 is 0 Å². The van der Waals surface area contributed by atoms with Crippen molar-refractivity contribution < 1.29 is 9.47 Å². The van der Waals surface area contributed by atoms with E-state index in [2.05, 4.69) is 20.8 Å². The molecule has 0 saturated carbocycles. The first-order valence-corrected chi connectivity index (χ1v) is 3.81. The van der Waals surface area contributed by atoms with Gasteiger partial charge in [-0.2, -0.15) is 0 Å². The van der Waals surface area contributed by atoms with Crippen LogP contribution in [0.15, 0.2) is 0 Å². The Balaban J connectivity index is 2.48. The van der Waals surface area contributed by atoms with Crippen molar-refractivity contribution in [2.24, 2.45) is 11.3 Å². The van der Waals surface area contributed by atoms with Gasteiger partial charge in [0.15, 0.2) is 0 Å². The molecule has 0 amide bonds. The highest BCUT2D eigenvalue weighted by Gasteiger charge is 2.31. The Labute approximate surface area is 62.5 Å². The molecule has 0 aromatic carbocycles. The van der Waals surface area contributed by atoms with Gasteiger partial charge < -0.3 is 9.47 Å². The van der Waals surface area contributed by atoms with Gasteiger partial charge in [-0.1, -0.05) is 20.8 Å². The van der Waals surface area contributed by atoms with Crippen LogP contribution in [0.2, 0.25) is 0 Å². The summed E-state index contributed by atoms with van der Waals surface area (Å²) in [4.78, 5) is 0. The van der Waals surface area contributed by atoms with Gasteiger partial charge in [0, 0.05) is 5.41 Å². The summed E-state index contributed by atoms with van der Waals surface area (Å²) in [5, 5.41) is 0. The highest BCUT2D eigenvalue weighted by molar-refractivity contribution is 4.78. The van der Waals surface area contributed by atoms with Gasteiger partial charge in [-0.3, -0.25) is 0 Å². The molecule has 0 unspecified atom stereocenters. The maximum absolute atomic E-state index is 5.22. The Morgan fingerprint density at radius 2 is 1.70 bits per heavy atom. The molecule has 0 aromatic rings. The van der Waals surface area contributed by atoms with Crippen LogP contribution in [-0.2, 0) is 9.47 Å². The van der Waals surface area contributed by atoms with Gasteiger partial charge >= 0.3 is 0 Å². The Hall–Kier alpha value is -0.0800. The minimum absolute atomic E-state index is 0.234. The normalized spacial score (nSPS) is 25.2. The van der Waals surface area contributed by atoms with E-state index in [0.717, 1.165) is 13.2 Å². The fourth-order valence-corrected chi connectivity index (χ4v) is 0.984. The molecule has 0 N–H and O–H groups in total. The van der Waals surface area contributed by atoms with E-state index in [1.165, 1.54) is 0 Å². The zero-order chi connectivity index (χ0) is 7.61. The topological polar surface area (TPSA) is 18.5 Å². The lowest BCUT2D eigenvalue weighted by Crippen LogP contribution is -2.38. The third-order valence-corrected chi connectivity index (χ3v) is 2.42. The number of rotatable bonds is 1. The van der Waals surface area contributed by atoms with Gasteiger partial charge in [-0.05, 0) is 5.92 Å². The Bertz CT molecular complexity index is 104. The minimum atomic E-state index is 0.234. The summed E-state index contributed by atoms with van der Waals surface area (Å²) >= 11 is 0. The van der Waals surface area contributed by atoms with Crippen LogP contribution in [0.25, 0.3) is 0 Å². The molecule has 1 aliphatic heterocycles. The molecule has 0 radical (unpaired) electrons.